The summed E-state index contributed by atoms with van der Waals surface area (Å²) in [5, 5.41) is 10.4. The van der Waals surface area contributed by atoms with Crippen LogP contribution in [-0.4, -0.2) is 16.7 Å². The molecule has 94 valence electrons. The Morgan fingerprint density at radius 1 is 1.35 bits per heavy atom. The molecule has 1 fully saturated rings. The van der Waals surface area contributed by atoms with Crippen molar-refractivity contribution in [3.63, 3.8) is 0 Å². The van der Waals surface area contributed by atoms with Gasteiger partial charge in [0, 0.05) is 16.9 Å². The molecular formula is C13H17BrFNO. The summed E-state index contributed by atoms with van der Waals surface area (Å²) in [7, 11) is 0. The fraction of sp³-hybridized carbons (Fsp3) is 0.538. The Morgan fingerprint density at radius 2 is 2.00 bits per heavy atom. The largest absolute Gasteiger partial charge is 0.390 e. The Balaban J connectivity index is 2.09. The van der Waals surface area contributed by atoms with Gasteiger partial charge in [-0.1, -0.05) is 15.9 Å². The van der Waals surface area contributed by atoms with Crippen LogP contribution in [0.25, 0.3) is 0 Å². The second-order valence-corrected chi connectivity index (χ2v) is 5.93. The number of halogens is 2. The summed E-state index contributed by atoms with van der Waals surface area (Å²) in [5.74, 6) is -0.273. The van der Waals surface area contributed by atoms with Gasteiger partial charge >= 0.3 is 0 Å². The fourth-order valence-corrected chi connectivity index (χ4v) is 2.96. The lowest BCUT2D eigenvalue weighted by molar-refractivity contribution is 0.000164. The lowest BCUT2D eigenvalue weighted by Gasteiger charge is -2.35. The minimum absolute atomic E-state index is 0.203. The Kier molecular flexibility index (Phi) is 3.85. The average Bonchev–Trinajstić information content (AvgIpc) is 2.21. The monoisotopic (exact) mass is 301 g/mol. The smallest absolute Gasteiger partial charge is 0.124 e. The highest BCUT2D eigenvalue weighted by Gasteiger charge is 2.32. The van der Waals surface area contributed by atoms with Crippen molar-refractivity contribution in [1.29, 1.82) is 0 Å². The van der Waals surface area contributed by atoms with Crippen LogP contribution >= 0.6 is 15.9 Å². The molecule has 17 heavy (non-hydrogen) atoms. The third-order valence-corrected chi connectivity index (χ3v) is 3.87. The van der Waals surface area contributed by atoms with Gasteiger partial charge in [-0.05, 0) is 49.4 Å². The molecule has 0 amide bonds. The minimum Gasteiger partial charge on any atom is -0.390 e. The molecule has 1 aromatic carbocycles. The summed E-state index contributed by atoms with van der Waals surface area (Å²) in [6.45, 7) is 0. The molecule has 0 bridgehead atoms. The quantitative estimate of drug-likeness (QED) is 0.882. The molecule has 4 heteroatoms. The highest BCUT2D eigenvalue weighted by molar-refractivity contribution is 9.10. The molecule has 0 unspecified atom stereocenters. The molecule has 1 aliphatic rings. The molecule has 2 nitrogen and oxygen atoms in total. The van der Waals surface area contributed by atoms with E-state index < -0.39 is 5.60 Å². The number of nitrogens with two attached hydrogens (primary N) is 1. The van der Waals surface area contributed by atoms with Gasteiger partial charge in [-0.15, -0.1) is 0 Å². The maximum Gasteiger partial charge on any atom is 0.124 e. The van der Waals surface area contributed by atoms with Crippen molar-refractivity contribution in [2.24, 2.45) is 5.73 Å². The van der Waals surface area contributed by atoms with Crippen molar-refractivity contribution < 1.29 is 9.50 Å². The molecule has 1 aliphatic carbocycles. The van der Waals surface area contributed by atoms with Crippen molar-refractivity contribution in [1.82, 2.24) is 0 Å². The maximum absolute atomic E-state index is 13.2. The van der Waals surface area contributed by atoms with Crippen LogP contribution in [0.2, 0.25) is 0 Å². The van der Waals surface area contributed by atoms with Crippen LogP contribution < -0.4 is 5.73 Å². The molecule has 2 rings (SSSR count). The SMILES string of the molecule is NC1CCC(O)(Cc2cc(F)cc(Br)c2)CC1. The summed E-state index contributed by atoms with van der Waals surface area (Å²) < 4.78 is 13.9. The van der Waals surface area contributed by atoms with Gasteiger partial charge in [0.05, 0.1) is 5.60 Å². The van der Waals surface area contributed by atoms with Crippen molar-refractivity contribution >= 4 is 15.9 Å². The molecule has 0 radical (unpaired) electrons. The van der Waals surface area contributed by atoms with Crippen LogP contribution in [0.15, 0.2) is 22.7 Å². The first-order chi connectivity index (χ1) is 7.97. The van der Waals surface area contributed by atoms with Gasteiger partial charge in [0.2, 0.25) is 0 Å². The highest BCUT2D eigenvalue weighted by atomic mass is 79.9. The number of hydrogen-bond acceptors (Lipinski definition) is 2. The Bertz CT molecular complexity index is 382. The average molecular weight is 302 g/mol. The van der Waals surface area contributed by atoms with Crippen LogP contribution in [0.3, 0.4) is 0 Å². The summed E-state index contributed by atoms with van der Waals surface area (Å²) in [6, 6.07) is 4.96. The van der Waals surface area contributed by atoms with Gasteiger partial charge in [0.25, 0.3) is 0 Å². The zero-order valence-corrected chi connectivity index (χ0v) is 11.2. The van der Waals surface area contributed by atoms with E-state index in [-0.39, 0.29) is 11.9 Å². The fourth-order valence-electron chi connectivity index (χ4n) is 2.45. The van der Waals surface area contributed by atoms with Crippen molar-refractivity contribution in [3.8, 4) is 0 Å². The molecule has 3 N–H and O–H groups in total. The van der Waals surface area contributed by atoms with Gasteiger partial charge in [0.1, 0.15) is 5.82 Å². The van der Waals surface area contributed by atoms with E-state index in [1.54, 1.807) is 0 Å². The molecule has 0 heterocycles. The summed E-state index contributed by atoms with van der Waals surface area (Å²) >= 11 is 3.26. The van der Waals surface area contributed by atoms with Crippen LogP contribution in [0, 0.1) is 5.82 Å². The number of aliphatic hydroxyl groups is 1. The lowest BCUT2D eigenvalue weighted by Crippen LogP contribution is -2.40. The highest BCUT2D eigenvalue weighted by Crippen LogP contribution is 2.31. The Labute approximate surface area is 109 Å². The number of hydrogen-bond donors (Lipinski definition) is 2. The molecule has 0 aromatic heterocycles. The molecule has 0 aliphatic heterocycles. The van der Waals surface area contributed by atoms with E-state index in [9.17, 15) is 9.50 Å². The Morgan fingerprint density at radius 3 is 2.59 bits per heavy atom. The van der Waals surface area contributed by atoms with E-state index in [0.717, 1.165) is 18.4 Å². The van der Waals surface area contributed by atoms with Gasteiger partial charge in [-0.3, -0.25) is 0 Å². The summed E-state index contributed by atoms with van der Waals surface area (Å²) in [6.07, 6.45) is 3.57. The topological polar surface area (TPSA) is 46.2 Å². The molecule has 0 spiro atoms. The minimum atomic E-state index is -0.719. The zero-order valence-electron chi connectivity index (χ0n) is 9.63. The first-order valence-corrected chi connectivity index (χ1v) is 6.69. The van der Waals surface area contributed by atoms with Crippen LogP contribution in [0.1, 0.15) is 31.2 Å². The molecule has 1 aromatic rings. The standard InChI is InChI=1S/C13H17BrFNO/c14-10-5-9(6-11(15)7-10)8-13(17)3-1-12(16)2-4-13/h5-7,12,17H,1-4,8,16H2. The van der Waals surface area contributed by atoms with E-state index in [1.807, 2.05) is 6.07 Å². The normalized spacial score (nSPS) is 29.3. The van der Waals surface area contributed by atoms with E-state index in [4.69, 9.17) is 5.73 Å². The predicted octanol–water partition coefficient (Wildman–Crippen LogP) is 2.76. The molecule has 0 atom stereocenters. The van der Waals surface area contributed by atoms with E-state index in [0.29, 0.717) is 23.7 Å². The van der Waals surface area contributed by atoms with E-state index in [1.165, 1.54) is 12.1 Å². The third kappa shape index (κ3) is 3.50. The van der Waals surface area contributed by atoms with Crippen LogP contribution in [0.4, 0.5) is 4.39 Å². The van der Waals surface area contributed by atoms with Gasteiger partial charge < -0.3 is 10.8 Å². The molecular weight excluding hydrogens is 285 g/mol. The van der Waals surface area contributed by atoms with Gasteiger partial charge in [0.15, 0.2) is 0 Å². The van der Waals surface area contributed by atoms with Crippen LogP contribution in [0.5, 0.6) is 0 Å². The van der Waals surface area contributed by atoms with Crippen molar-refractivity contribution in [2.75, 3.05) is 0 Å². The zero-order chi connectivity index (χ0) is 12.5. The first-order valence-electron chi connectivity index (χ1n) is 5.90. The number of rotatable bonds is 2. The van der Waals surface area contributed by atoms with Gasteiger partial charge in [-0.2, -0.15) is 0 Å². The maximum atomic E-state index is 13.2. The first kappa shape index (κ1) is 13.0. The second-order valence-electron chi connectivity index (χ2n) is 5.02. The predicted molar refractivity (Wildman–Crippen MR) is 69.2 cm³/mol. The Hall–Kier alpha value is -0.450. The summed E-state index contributed by atoms with van der Waals surface area (Å²) in [4.78, 5) is 0. The van der Waals surface area contributed by atoms with Gasteiger partial charge in [-0.25, -0.2) is 4.39 Å². The van der Waals surface area contributed by atoms with Crippen molar-refractivity contribution in [3.05, 3.63) is 34.1 Å². The third-order valence-electron chi connectivity index (χ3n) is 3.42. The molecule has 1 saturated carbocycles. The van der Waals surface area contributed by atoms with Crippen LogP contribution in [-0.2, 0) is 6.42 Å². The second kappa shape index (κ2) is 5.04. The van der Waals surface area contributed by atoms with E-state index >= 15 is 0 Å². The number of benzene rings is 1. The molecule has 0 saturated heterocycles. The van der Waals surface area contributed by atoms with Crippen molar-refractivity contribution in [2.45, 2.75) is 43.7 Å². The lowest BCUT2D eigenvalue weighted by atomic mass is 9.79. The van der Waals surface area contributed by atoms with E-state index in [2.05, 4.69) is 15.9 Å². The summed E-state index contributed by atoms with van der Waals surface area (Å²) in [5.41, 5.74) is 5.93.